The van der Waals surface area contributed by atoms with E-state index in [1.807, 2.05) is 84.9 Å². The Bertz CT molecular complexity index is 3560. The van der Waals surface area contributed by atoms with Gasteiger partial charge in [0.15, 0.2) is 23.3 Å². The summed E-state index contributed by atoms with van der Waals surface area (Å²) in [4.78, 5) is 0. The maximum atomic E-state index is 6.44. The van der Waals surface area contributed by atoms with E-state index in [4.69, 9.17) is 29.2 Å². The first-order valence-corrected chi connectivity index (χ1v) is 21.9. The van der Waals surface area contributed by atoms with Gasteiger partial charge in [-0.1, -0.05) is 152 Å². The van der Waals surface area contributed by atoms with Crippen LogP contribution in [0.5, 0.6) is 0 Å². The standard InChI is InChI=1S/C58H36N6O2/c1-5-14-37(15-6-1)55-59-60-56(38-16-7-2-8-17-38)63(55)45-26-30-53-49(35-45)47-33-43(24-28-51(47)65-53)41-22-13-23-42(32-41)44-25-29-52-48(34-44)50-36-46(27-31-54(50)66-52)64-57(39-18-9-3-10-19-39)61-62-58(64)40-20-11-4-12-21-40/h1-36H. The summed E-state index contributed by atoms with van der Waals surface area (Å²) in [7, 11) is 0. The van der Waals surface area contributed by atoms with E-state index < -0.39 is 0 Å². The highest BCUT2D eigenvalue weighted by atomic mass is 16.3. The molecule has 8 nitrogen and oxygen atoms in total. The van der Waals surface area contributed by atoms with Crippen LogP contribution < -0.4 is 0 Å². The van der Waals surface area contributed by atoms with Gasteiger partial charge >= 0.3 is 0 Å². The van der Waals surface area contributed by atoms with E-state index >= 15 is 0 Å². The zero-order chi connectivity index (χ0) is 43.6. The Morgan fingerprint density at radius 2 is 0.530 bits per heavy atom. The van der Waals surface area contributed by atoms with Gasteiger partial charge in [-0.2, -0.15) is 0 Å². The molecule has 0 aliphatic heterocycles. The van der Waals surface area contributed by atoms with Crippen LogP contribution in [0.1, 0.15) is 0 Å². The van der Waals surface area contributed by atoms with Crippen molar-refractivity contribution in [3.05, 3.63) is 218 Å². The third kappa shape index (κ3) is 6.31. The van der Waals surface area contributed by atoms with Gasteiger partial charge < -0.3 is 8.83 Å². The molecule has 310 valence electrons. The first-order valence-electron chi connectivity index (χ1n) is 21.9. The van der Waals surface area contributed by atoms with Crippen molar-refractivity contribution in [1.29, 1.82) is 0 Å². The van der Waals surface area contributed by atoms with Gasteiger partial charge in [-0.3, -0.25) is 9.13 Å². The highest BCUT2D eigenvalue weighted by Crippen LogP contribution is 2.39. The second-order valence-corrected chi connectivity index (χ2v) is 16.4. The fourth-order valence-electron chi connectivity index (χ4n) is 9.20. The van der Waals surface area contributed by atoms with Crippen molar-refractivity contribution in [3.63, 3.8) is 0 Å². The number of hydrogen-bond donors (Lipinski definition) is 0. The Balaban J connectivity index is 0.889. The number of nitrogens with zero attached hydrogens (tertiary/aromatic N) is 6. The van der Waals surface area contributed by atoms with Crippen LogP contribution in [-0.2, 0) is 0 Å². The molecule has 0 unspecified atom stereocenters. The van der Waals surface area contributed by atoms with Crippen LogP contribution in [0.25, 0.3) is 123 Å². The molecule has 13 aromatic rings. The minimum atomic E-state index is 0.769. The summed E-state index contributed by atoms with van der Waals surface area (Å²) in [5.41, 5.74) is 13.5. The molecule has 0 N–H and O–H groups in total. The van der Waals surface area contributed by atoms with Gasteiger partial charge in [-0.25, -0.2) is 0 Å². The zero-order valence-electron chi connectivity index (χ0n) is 35.3. The lowest BCUT2D eigenvalue weighted by Crippen LogP contribution is -2.00. The SMILES string of the molecule is c1ccc(-c2nnc(-c3ccccc3)n2-c2ccc3oc4ccc(-c5cccc(-c6ccc7oc8ccc(-n9c(-c%10ccccc%10)nnc9-c9ccccc9)cc8c7c6)c5)cc4c3c2)cc1. The predicted octanol–water partition coefficient (Wildman–Crippen LogP) is 14.6. The first-order chi connectivity index (χ1) is 32.7. The highest BCUT2D eigenvalue weighted by Gasteiger charge is 2.21. The molecule has 0 aliphatic carbocycles. The zero-order valence-corrected chi connectivity index (χ0v) is 35.3. The average Bonchev–Trinajstić information content (AvgIpc) is 4.20. The van der Waals surface area contributed by atoms with E-state index in [1.54, 1.807) is 0 Å². The Labute approximate surface area is 378 Å². The summed E-state index contributed by atoms with van der Waals surface area (Å²) < 4.78 is 17.1. The molecule has 13 rings (SSSR count). The Kier molecular flexibility index (Phi) is 8.67. The molecule has 66 heavy (non-hydrogen) atoms. The minimum Gasteiger partial charge on any atom is -0.456 e. The van der Waals surface area contributed by atoms with Crippen molar-refractivity contribution in [3.8, 4) is 79.2 Å². The molecule has 4 heterocycles. The lowest BCUT2D eigenvalue weighted by Gasteiger charge is -2.11. The molecule has 8 heteroatoms. The van der Waals surface area contributed by atoms with Crippen molar-refractivity contribution in [2.75, 3.05) is 0 Å². The Morgan fingerprint density at radius 1 is 0.242 bits per heavy atom. The van der Waals surface area contributed by atoms with Crippen molar-refractivity contribution in [1.82, 2.24) is 29.5 Å². The number of furan rings is 2. The van der Waals surface area contributed by atoms with Gasteiger partial charge in [-0.05, 0) is 89.0 Å². The van der Waals surface area contributed by atoms with Crippen LogP contribution in [0.4, 0.5) is 0 Å². The summed E-state index contributed by atoms with van der Waals surface area (Å²) in [6.07, 6.45) is 0. The van der Waals surface area contributed by atoms with Crippen LogP contribution in [0, 0.1) is 0 Å². The monoisotopic (exact) mass is 848 g/mol. The van der Waals surface area contributed by atoms with Crippen molar-refractivity contribution in [2.24, 2.45) is 0 Å². The minimum absolute atomic E-state index is 0.769. The number of rotatable bonds is 8. The summed E-state index contributed by atoms with van der Waals surface area (Å²) in [5.74, 6) is 3.08. The fourth-order valence-corrected chi connectivity index (χ4v) is 9.20. The number of fused-ring (bicyclic) bond motifs is 6. The van der Waals surface area contributed by atoms with E-state index in [-0.39, 0.29) is 0 Å². The van der Waals surface area contributed by atoms with Gasteiger partial charge in [0.2, 0.25) is 0 Å². The maximum Gasteiger partial charge on any atom is 0.168 e. The topological polar surface area (TPSA) is 87.7 Å². The molecule has 0 atom stereocenters. The van der Waals surface area contributed by atoms with Crippen LogP contribution in [0.2, 0.25) is 0 Å². The summed E-state index contributed by atoms with van der Waals surface area (Å²) in [5, 5.41) is 22.9. The number of hydrogen-bond acceptors (Lipinski definition) is 6. The van der Waals surface area contributed by atoms with Crippen molar-refractivity contribution < 1.29 is 8.83 Å². The Hall–Kier alpha value is -9.14. The predicted molar refractivity (Wildman–Crippen MR) is 263 cm³/mol. The van der Waals surface area contributed by atoms with Gasteiger partial charge in [0.1, 0.15) is 22.3 Å². The Morgan fingerprint density at radius 3 is 0.879 bits per heavy atom. The van der Waals surface area contributed by atoms with E-state index in [0.717, 1.165) is 123 Å². The van der Waals surface area contributed by atoms with Crippen LogP contribution in [0.3, 0.4) is 0 Å². The molecular weight excluding hydrogens is 813 g/mol. The smallest absolute Gasteiger partial charge is 0.168 e. The van der Waals surface area contributed by atoms with Crippen molar-refractivity contribution >= 4 is 43.9 Å². The lowest BCUT2D eigenvalue weighted by molar-refractivity contribution is 0.668. The second kappa shape index (κ2) is 15.3. The summed E-state index contributed by atoms with van der Waals surface area (Å²) in [6.45, 7) is 0. The van der Waals surface area contributed by atoms with Crippen molar-refractivity contribution in [2.45, 2.75) is 0 Å². The maximum absolute atomic E-state index is 6.44. The number of aromatic nitrogens is 6. The molecule has 9 aromatic carbocycles. The third-order valence-electron chi connectivity index (χ3n) is 12.4. The number of benzene rings is 9. The molecule has 0 radical (unpaired) electrons. The van der Waals surface area contributed by atoms with Crippen LogP contribution >= 0.6 is 0 Å². The van der Waals surface area contributed by atoms with Gasteiger partial charge in [0, 0.05) is 43.8 Å². The molecule has 0 saturated heterocycles. The summed E-state index contributed by atoms with van der Waals surface area (Å²) >= 11 is 0. The fraction of sp³-hybridized carbons (Fsp3) is 0. The van der Waals surface area contributed by atoms with Gasteiger partial charge in [0.05, 0.1) is 11.4 Å². The molecule has 0 amide bonds. The molecule has 0 fully saturated rings. The van der Waals surface area contributed by atoms with Crippen LogP contribution in [-0.4, -0.2) is 29.5 Å². The second-order valence-electron chi connectivity index (χ2n) is 16.4. The van der Waals surface area contributed by atoms with E-state index in [2.05, 4.69) is 143 Å². The molecule has 4 aromatic heterocycles. The largest absolute Gasteiger partial charge is 0.456 e. The molecule has 0 saturated carbocycles. The molecule has 0 bridgehead atoms. The molecular formula is C58H36N6O2. The molecule has 0 spiro atoms. The van der Waals surface area contributed by atoms with Gasteiger partial charge in [-0.15, -0.1) is 20.4 Å². The normalized spacial score (nSPS) is 11.6. The van der Waals surface area contributed by atoms with Crippen LogP contribution in [0.15, 0.2) is 227 Å². The summed E-state index contributed by atoms with van der Waals surface area (Å²) in [6, 6.07) is 75.0. The molecule has 0 aliphatic rings. The van der Waals surface area contributed by atoms with Gasteiger partial charge in [0.25, 0.3) is 0 Å². The lowest BCUT2D eigenvalue weighted by atomic mass is 9.97. The van der Waals surface area contributed by atoms with E-state index in [1.165, 1.54) is 0 Å². The third-order valence-corrected chi connectivity index (χ3v) is 12.4. The first kappa shape index (κ1) is 37.4. The van der Waals surface area contributed by atoms with E-state index in [9.17, 15) is 0 Å². The van der Waals surface area contributed by atoms with E-state index in [0.29, 0.717) is 0 Å². The highest BCUT2D eigenvalue weighted by molar-refractivity contribution is 6.08. The quantitative estimate of drug-likeness (QED) is 0.151. The average molecular weight is 849 g/mol.